The van der Waals surface area contributed by atoms with Gasteiger partial charge in [0.1, 0.15) is 0 Å². The van der Waals surface area contributed by atoms with Gasteiger partial charge >= 0.3 is 5.97 Å². The van der Waals surface area contributed by atoms with Gasteiger partial charge in [0, 0.05) is 29.1 Å². The summed E-state index contributed by atoms with van der Waals surface area (Å²) in [7, 11) is 0. The van der Waals surface area contributed by atoms with Crippen molar-refractivity contribution in [2.24, 2.45) is 0 Å². The highest BCUT2D eigenvalue weighted by molar-refractivity contribution is 5.78. The number of carboxylic acids is 1. The number of aromatic nitrogens is 1. The van der Waals surface area contributed by atoms with Crippen molar-refractivity contribution in [3.63, 3.8) is 0 Å². The average Bonchev–Trinajstić information content (AvgIpc) is 2.38. The summed E-state index contributed by atoms with van der Waals surface area (Å²) in [5.74, 6) is -0.751. The molecule has 0 aliphatic carbocycles. The van der Waals surface area contributed by atoms with Crippen molar-refractivity contribution in [1.82, 2.24) is 4.98 Å². The van der Waals surface area contributed by atoms with Gasteiger partial charge in [-0.1, -0.05) is 18.6 Å². The molecule has 0 fully saturated rings. The maximum atomic E-state index is 11.9. The summed E-state index contributed by atoms with van der Waals surface area (Å²) in [5, 5.41) is 9.24. The van der Waals surface area contributed by atoms with Gasteiger partial charge in [-0.3, -0.25) is 9.59 Å². The normalized spacial score (nSPS) is 10.7. The number of rotatable bonds is 6. The van der Waals surface area contributed by atoms with Gasteiger partial charge in [0.15, 0.2) is 5.43 Å². The number of aryl methyl sites for hydroxylation is 1. The lowest BCUT2D eigenvalue weighted by atomic mass is 10.1. The quantitative estimate of drug-likeness (QED) is 0.783. The second-order valence-corrected chi connectivity index (χ2v) is 4.66. The minimum atomic E-state index is -0.751. The number of pyridine rings is 1. The van der Waals surface area contributed by atoms with Crippen molar-refractivity contribution >= 4 is 16.9 Å². The number of para-hydroxylation sites is 1. The lowest BCUT2D eigenvalue weighted by Gasteiger charge is -2.04. The smallest absolute Gasteiger partial charge is 0.303 e. The predicted molar refractivity (Wildman–Crippen MR) is 74.4 cm³/mol. The van der Waals surface area contributed by atoms with E-state index in [0.717, 1.165) is 30.5 Å². The number of fused-ring (bicyclic) bond motifs is 1. The number of carboxylic acid groups (broad SMARTS) is 1. The van der Waals surface area contributed by atoms with Gasteiger partial charge in [-0.25, -0.2) is 0 Å². The minimum Gasteiger partial charge on any atom is -0.481 e. The van der Waals surface area contributed by atoms with Crippen molar-refractivity contribution < 1.29 is 9.90 Å². The van der Waals surface area contributed by atoms with Crippen LogP contribution in [0.15, 0.2) is 35.1 Å². The zero-order valence-electron chi connectivity index (χ0n) is 10.7. The highest BCUT2D eigenvalue weighted by Gasteiger charge is 2.02. The van der Waals surface area contributed by atoms with E-state index in [0.29, 0.717) is 11.8 Å². The Bertz CT molecular complexity index is 631. The first kappa shape index (κ1) is 13.3. The van der Waals surface area contributed by atoms with Crippen molar-refractivity contribution in [3.05, 3.63) is 46.2 Å². The summed E-state index contributed by atoms with van der Waals surface area (Å²) in [6.45, 7) is 0. The van der Waals surface area contributed by atoms with E-state index in [1.54, 1.807) is 6.07 Å². The second kappa shape index (κ2) is 6.18. The van der Waals surface area contributed by atoms with Gasteiger partial charge in [0.2, 0.25) is 0 Å². The molecule has 19 heavy (non-hydrogen) atoms. The molecule has 1 aromatic carbocycles. The average molecular weight is 259 g/mol. The van der Waals surface area contributed by atoms with Crippen molar-refractivity contribution in [2.45, 2.75) is 32.1 Å². The van der Waals surface area contributed by atoms with Crippen molar-refractivity contribution in [3.8, 4) is 0 Å². The van der Waals surface area contributed by atoms with Crippen molar-refractivity contribution in [1.29, 1.82) is 0 Å². The van der Waals surface area contributed by atoms with E-state index in [9.17, 15) is 9.59 Å². The number of H-pyrrole nitrogens is 1. The van der Waals surface area contributed by atoms with E-state index in [2.05, 4.69) is 4.98 Å². The number of aromatic amines is 1. The Morgan fingerprint density at radius 1 is 1.16 bits per heavy atom. The van der Waals surface area contributed by atoms with Crippen LogP contribution in [0.1, 0.15) is 31.4 Å². The summed E-state index contributed by atoms with van der Waals surface area (Å²) < 4.78 is 0. The number of unbranched alkanes of at least 4 members (excludes halogenated alkanes) is 2. The first-order valence-corrected chi connectivity index (χ1v) is 6.49. The minimum absolute atomic E-state index is 0.0369. The molecular weight excluding hydrogens is 242 g/mol. The Kier molecular flexibility index (Phi) is 4.34. The van der Waals surface area contributed by atoms with Gasteiger partial charge in [-0.05, 0) is 31.4 Å². The monoisotopic (exact) mass is 259 g/mol. The zero-order chi connectivity index (χ0) is 13.7. The number of aliphatic carboxylic acids is 1. The van der Waals surface area contributed by atoms with Crippen molar-refractivity contribution in [2.75, 3.05) is 0 Å². The molecule has 0 atom stereocenters. The highest BCUT2D eigenvalue weighted by atomic mass is 16.4. The number of hydrogen-bond acceptors (Lipinski definition) is 2. The molecule has 4 heteroatoms. The van der Waals surface area contributed by atoms with Gasteiger partial charge in [-0.2, -0.15) is 0 Å². The predicted octanol–water partition coefficient (Wildman–Crippen LogP) is 2.72. The Hall–Kier alpha value is -2.10. The molecule has 0 aliphatic heterocycles. The van der Waals surface area contributed by atoms with Gasteiger partial charge < -0.3 is 10.1 Å². The van der Waals surface area contributed by atoms with Gasteiger partial charge in [0.25, 0.3) is 0 Å². The molecule has 1 heterocycles. The van der Waals surface area contributed by atoms with Gasteiger partial charge in [-0.15, -0.1) is 0 Å². The molecule has 2 aromatic rings. The van der Waals surface area contributed by atoms with Crippen LogP contribution in [0, 0.1) is 0 Å². The van der Waals surface area contributed by atoms with Crippen LogP contribution in [-0.2, 0) is 11.2 Å². The third-order valence-electron chi connectivity index (χ3n) is 3.13. The SMILES string of the molecule is O=C(O)CCCCCc1cc(=O)c2ccccc2[nH]1. The molecule has 0 spiro atoms. The lowest BCUT2D eigenvalue weighted by molar-refractivity contribution is -0.137. The fourth-order valence-electron chi connectivity index (χ4n) is 2.16. The van der Waals surface area contributed by atoms with E-state index < -0.39 is 5.97 Å². The molecule has 0 aliphatic rings. The molecule has 2 rings (SSSR count). The van der Waals surface area contributed by atoms with Crippen LogP contribution in [-0.4, -0.2) is 16.1 Å². The van der Waals surface area contributed by atoms with Crippen LogP contribution in [0.2, 0.25) is 0 Å². The summed E-state index contributed by atoms with van der Waals surface area (Å²) in [4.78, 5) is 25.5. The topological polar surface area (TPSA) is 70.2 Å². The number of benzene rings is 1. The summed E-state index contributed by atoms with van der Waals surface area (Å²) in [6.07, 6.45) is 3.43. The maximum absolute atomic E-state index is 11.9. The Labute approximate surface area is 111 Å². The summed E-state index contributed by atoms with van der Waals surface area (Å²) in [5.41, 5.74) is 1.81. The van der Waals surface area contributed by atoms with E-state index in [1.807, 2.05) is 24.3 Å². The largest absolute Gasteiger partial charge is 0.481 e. The third kappa shape index (κ3) is 3.68. The number of nitrogens with one attached hydrogen (secondary N) is 1. The lowest BCUT2D eigenvalue weighted by Crippen LogP contribution is -2.05. The Morgan fingerprint density at radius 3 is 2.74 bits per heavy atom. The molecule has 2 N–H and O–H groups in total. The van der Waals surface area contributed by atoms with E-state index in [1.165, 1.54) is 0 Å². The van der Waals surface area contributed by atoms with Crippen LogP contribution in [0.3, 0.4) is 0 Å². The number of hydrogen-bond donors (Lipinski definition) is 2. The Balaban J connectivity index is 1.98. The van der Waals surface area contributed by atoms with E-state index in [-0.39, 0.29) is 11.8 Å². The number of carbonyl (C=O) groups is 1. The van der Waals surface area contributed by atoms with Crippen LogP contribution in [0.25, 0.3) is 10.9 Å². The molecule has 0 radical (unpaired) electrons. The highest BCUT2D eigenvalue weighted by Crippen LogP contribution is 2.10. The maximum Gasteiger partial charge on any atom is 0.303 e. The standard InChI is InChI=1S/C15H17NO3/c17-14-10-11(6-2-1-3-9-15(18)19)16-13-8-5-4-7-12(13)14/h4-5,7-8,10H,1-3,6,9H2,(H,16,17)(H,18,19). The fraction of sp³-hybridized carbons (Fsp3) is 0.333. The van der Waals surface area contributed by atoms with Crippen LogP contribution >= 0.6 is 0 Å². The van der Waals surface area contributed by atoms with Crippen LogP contribution < -0.4 is 5.43 Å². The summed E-state index contributed by atoms with van der Waals surface area (Å²) in [6, 6.07) is 9.09. The first-order valence-electron chi connectivity index (χ1n) is 6.49. The summed E-state index contributed by atoms with van der Waals surface area (Å²) >= 11 is 0. The molecule has 0 saturated heterocycles. The Morgan fingerprint density at radius 2 is 1.95 bits per heavy atom. The molecular formula is C15H17NO3. The molecule has 0 unspecified atom stereocenters. The second-order valence-electron chi connectivity index (χ2n) is 4.66. The molecule has 0 saturated carbocycles. The first-order chi connectivity index (χ1) is 9.16. The van der Waals surface area contributed by atoms with E-state index in [4.69, 9.17) is 5.11 Å². The van der Waals surface area contributed by atoms with Crippen LogP contribution in [0.5, 0.6) is 0 Å². The molecule has 0 amide bonds. The molecule has 100 valence electrons. The molecule has 4 nitrogen and oxygen atoms in total. The fourth-order valence-corrected chi connectivity index (χ4v) is 2.16. The van der Waals surface area contributed by atoms with Crippen LogP contribution in [0.4, 0.5) is 0 Å². The molecule has 0 bridgehead atoms. The van der Waals surface area contributed by atoms with E-state index >= 15 is 0 Å². The molecule has 1 aromatic heterocycles. The zero-order valence-corrected chi connectivity index (χ0v) is 10.7. The van der Waals surface area contributed by atoms with Gasteiger partial charge in [0.05, 0.1) is 0 Å². The third-order valence-corrected chi connectivity index (χ3v) is 3.13.